The molecular weight excluding hydrogens is 242 g/mol. The molecule has 0 spiro atoms. The number of nitrogens with zero attached hydrogens (tertiary/aromatic N) is 2. The van der Waals surface area contributed by atoms with Crippen LogP contribution in [0.25, 0.3) is 0 Å². The van der Waals surface area contributed by atoms with Gasteiger partial charge in [0.15, 0.2) is 5.11 Å². The fourth-order valence-electron chi connectivity index (χ4n) is 2.15. The molecule has 0 unspecified atom stereocenters. The Hall–Kier alpha value is -1.29. The van der Waals surface area contributed by atoms with E-state index in [9.17, 15) is 0 Å². The van der Waals surface area contributed by atoms with Crippen molar-refractivity contribution in [2.45, 2.75) is 13.3 Å². The smallest absolute Gasteiger partial charge is 0.169 e. The molecule has 1 aromatic rings. The zero-order valence-electron chi connectivity index (χ0n) is 10.9. The molecule has 0 bridgehead atoms. The molecule has 0 aromatic heterocycles. The normalized spacial score (nSPS) is 15.6. The molecule has 4 heteroatoms. The van der Waals surface area contributed by atoms with Crippen LogP contribution in [0, 0.1) is 0 Å². The van der Waals surface area contributed by atoms with Crippen molar-refractivity contribution in [2.75, 3.05) is 37.6 Å². The zero-order valence-corrected chi connectivity index (χ0v) is 11.7. The maximum atomic E-state index is 5.39. The molecule has 0 atom stereocenters. The maximum Gasteiger partial charge on any atom is 0.169 e. The van der Waals surface area contributed by atoms with Crippen molar-refractivity contribution in [2.24, 2.45) is 0 Å². The van der Waals surface area contributed by atoms with Gasteiger partial charge in [-0.3, -0.25) is 0 Å². The van der Waals surface area contributed by atoms with E-state index >= 15 is 0 Å². The molecule has 1 saturated heterocycles. The summed E-state index contributed by atoms with van der Waals surface area (Å²) >= 11 is 5.39. The van der Waals surface area contributed by atoms with Crippen molar-refractivity contribution in [3.8, 4) is 0 Å². The molecule has 1 aliphatic heterocycles. The van der Waals surface area contributed by atoms with Crippen LogP contribution in [0.15, 0.2) is 30.3 Å². The van der Waals surface area contributed by atoms with Gasteiger partial charge in [0.1, 0.15) is 0 Å². The zero-order chi connectivity index (χ0) is 12.8. The SMILES string of the molecule is CCCNC(=S)N1CCN(c2ccccc2)CC1. The van der Waals surface area contributed by atoms with Gasteiger partial charge in [-0.25, -0.2) is 0 Å². The molecule has 98 valence electrons. The summed E-state index contributed by atoms with van der Waals surface area (Å²) in [5, 5.41) is 4.20. The summed E-state index contributed by atoms with van der Waals surface area (Å²) in [7, 11) is 0. The largest absolute Gasteiger partial charge is 0.368 e. The Labute approximate surface area is 115 Å². The first-order chi connectivity index (χ1) is 8.81. The summed E-state index contributed by atoms with van der Waals surface area (Å²) in [6.45, 7) is 7.21. The van der Waals surface area contributed by atoms with Gasteiger partial charge < -0.3 is 15.1 Å². The number of benzene rings is 1. The summed E-state index contributed by atoms with van der Waals surface area (Å²) < 4.78 is 0. The highest BCUT2D eigenvalue weighted by Gasteiger charge is 2.18. The van der Waals surface area contributed by atoms with Crippen LogP contribution in [0.4, 0.5) is 5.69 Å². The Bertz CT molecular complexity index is 372. The van der Waals surface area contributed by atoms with Gasteiger partial charge in [-0.1, -0.05) is 25.1 Å². The van der Waals surface area contributed by atoms with Crippen LogP contribution in [0.1, 0.15) is 13.3 Å². The molecule has 1 N–H and O–H groups in total. The number of thiocarbonyl (C=S) groups is 1. The second-order valence-corrected chi connectivity index (χ2v) is 4.93. The van der Waals surface area contributed by atoms with Crippen LogP contribution in [-0.4, -0.2) is 42.7 Å². The van der Waals surface area contributed by atoms with E-state index in [1.165, 1.54) is 5.69 Å². The Morgan fingerprint density at radius 1 is 1.17 bits per heavy atom. The van der Waals surface area contributed by atoms with Crippen LogP contribution < -0.4 is 10.2 Å². The van der Waals surface area contributed by atoms with Crippen molar-refractivity contribution in [3.63, 3.8) is 0 Å². The second-order valence-electron chi connectivity index (χ2n) is 4.54. The molecule has 0 aliphatic carbocycles. The number of para-hydroxylation sites is 1. The molecule has 18 heavy (non-hydrogen) atoms. The minimum absolute atomic E-state index is 0.907. The molecule has 1 heterocycles. The minimum Gasteiger partial charge on any atom is -0.368 e. The van der Waals surface area contributed by atoms with Gasteiger partial charge >= 0.3 is 0 Å². The lowest BCUT2D eigenvalue weighted by atomic mass is 10.2. The van der Waals surface area contributed by atoms with Crippen LogP contribution in [0.2, 0.25) is 0 Å². The Balaban J connectivity index is 1.83. The fourth-order valence-corrected chi connectivity index (χ4v) is 2.43. The van der Waals surface area contributed by atoms with Crippen LogP contribution in [0.5, 0.6) is 0 Å². The monoisotopic (exact) mass is 263 g/mol. The van der Waals surface area contributed by atoms with Gasteiger partial charge in [0.25, 0.3) is 0 Å². The standard InChI is InChI=1S/C14H21N3S/c1-2-8-15-14(18)17-11-9-16(10-12-17)13-6-4-3-5-7-13/h3-7H,2,8-12H2,1H3,(H,15,18). The predicted octanol–water partition coefficient (Wildman–Crippen LogP) is 2.09. The highest BCUT2D eigenvalue weighted by atomic mass is 32.1. The number of hydrogen-bond donors (Lipinski definition) is 1. The van der Waals surface area contributed by atoms with E-state index in [4.69, 9.17) is 12.2 Å². The molecule has 2 rings (SSSR count). The highest BCUT2D eigenvalue weighted by Crippen LogP contribution is 2.15. The Kier molecular flexibility index (Phi) is 4.81. The first-order valence-electron chi connectivity index (χ1n) is 6.64. The number of rotatable bonds is 3. The minimum atomic E-state index is 0.907. The predicted molar refractivity (Wildman–Crippen MR) is 81.1 cm³/mol. The third-order valence-corrected chi connectivity index (χ3v) is 3.62. The van der Waals surface area contributed by atoms with Gasteiger partial charge in [0.2, 0.25) is 0 Å². The van der Waals surface area contributed by atoms with Crippen molar-refractivity contribution in [1.82, 2.24) is 10.2 Å². The number of hydrogen-bond acceptors (Lipinski definition) is 2. The summed E-state index contributed by atoms with van der Waals surface area (Å²) in [5.41, 5.74) is 1.31. The van der Waals surface area contributed by atoms with E-state index in [1.54, 1.807) is 0 Å². The summed E-state index contributed by atoms with van der Waals surface area (Å²) in [6.07, 6.45) is 1.12. The van der Waals surface area contributed by atoms with Gasteiger partial charge in [0.05, 0.1) is 0 Å². The molecule has 1 fully saturated rings. The first kappa shape index (κ1) is 13.1. The van der Waals surface area contributed by atoms with Crippen molar-refractivity contribution in [3.05, 3.63) is 30.3 Å². The van der Waals surface area contributed by atoms with E-state index in [1.807, 2.05) is 0 Å². The van der Waals surface area contributed by atoms with Crippen LogP contribution >= 0.6 is 12.2 Å². The first-order valence-corrected chi connectivity index (χ1v) is 7.05. The van der Waals surface area contributed by atoms with Crippen LogP contribution in [0.3, 0.4) is 0 Å². The lowest BCUT2D eigenvalue weighted by Crippen LogP contribution is -2.51. The van der Waals surface area contributed by atoms with Crippen molar-refractivity contribution >= 4 is 23.0 Å². The summed E-state index contributed by atoms with van der Waals surface area (Å²) in [5.74, 6) is 0. The Morgan fingerprint density at radius 3 is 2.44 bits per heavy atom. The average molecular weight is 263 g/mol. The summed E-state index contributed by atoms with van der Waals surface area (Å²) in [4.78, 5) is 4.68. The maximum absolute atomic E-state index is 5.39. The van der Waals surface area contributed by atoms with Crippen molar-refractivity contribution < 1.29 is 0 Å². The molecule has 3 nitrogen and oxygen atoms in total. The molecule has 1 aliphatic rings. The van der Waals surface area contributed by atoms with Gasteiger partial charge in [0, 0.05) is 38.4 Å². The van der Waals surface area contributed by atoms with Gasteiger partial charge in [-0.2, -0.15) is 0 Å². The van der Waals surface area contributed by atoms with Gasteiger partial charge in [-0.15, -0.1) is 0 Å². The lowest BCUT2D eigenvalue weighted by molar-refractivity contribution is 0.380. The average Bonchev–Trinajstić information content (AvgIpc) is 2.46. The molecule has 0 radical (unpaired) electrons. The van der Waals surface area contributed by atoms with E-state index in [0.717, 1.165) is 44.3 Å². The second kappa shape index (κ2) is 6.59. The number of nitrogens with one attached hydrogen (secondary N) is 1. The molecule has 0 amide bonds. The highest BCUT2D eigenvalue weighted by molar-refractivity contribution is 7.80. The van der Waals surface area contributed by atoms with E-state index in [2.05, 4.69) is 52.4 Å². The van der Waals surface area contributed by atoms with E-state index in [0.29, 0.717) is 0 Å². The number of anilines is 1. The third kappa shape index (κ3) is 3.35. The van der Waals surface area contributed by atoms with E-state index < -0.39 is 0 Å². The molecular formula is C14H21N3S. The van der Waals surface area contributed by atoms with Crippen molar-refractivity contribution in [1.29, 1.82) is 0 Å². The van der Waals surface area contributed by atoms with Crippen LogP contribution in [-0.2, 0) is 0 Å². The van der Waals surface area contributed by atoms with Gasteiger partial charge in [-0.05, 0) is 30.8 Å². The topological polar surface area (TPSA) is 18.5 Å². The number of piperazine rings is 1. The van der Waals surface area contributed by atoms with E-state index in [-0.39, 0.29) is 0 Å². The molecule has 0 saturated carbocycles. The quantitative estimate of drug-likeness (QED) is 0.841. The molecule has 1 aromatic carbocycles. The lowest BCUT2D eigenvalue weighted by Gasteiger charge is -2.37. The summed E-state index contributed by atoms with van der Waals surface area (Å²) in [6, 6.07) is 10.6. The fraction of sp³-hybridized carbons (Fsp3) is 0.500. The third-order valence-electron chi connectivity index (χ3n) is 3.21. The Morgan fingerprint density at radius 2 is 1.83 bits per heavy atom.